The van der Waals surface area contributed by atoms with Crippen LogP contribution in [0, 0.1) is 6.92 Å². The Labute approximate surface area is 156 Å². The first-order valence-corrected chi connectivity index (χ1v) is 8.54. The summed E-state index contributed by atoms with van der Waals surface area (Å²) in [7, 11) is 0. The number of pyridine rings is 1. The lowest BCUT2D eigenvalue weighted by Gasteiger charge is -2.10. The van der Waals surface area contributed by atoms with E-state index < -0.39 is 0 Å². The van der Waals surface area contributed by atoms with Crippen molar-refractivity contribution in [2.45, 2.75) is 13.5 Å². The average molecular weight is 358 g/mol. The highest BCUT2D eigenvalue weighted by Crippen LogP contribution is 2.23. The van der Waals surface area contributed by atoms with Gasteiger partial charge in [0.05, 0.1) is 5.69 Å². The van der Waals surface area contributed by atoms with Crippen LogP contribution in [0.4, 0.5) is 17.6 Å². The third kappa shape index (κ3) is 4.27. The minimum Gasteiger partial charge on any atom is -0.366 e. The molecule has 0 spiro atoms. The summed E-state index contributed by atoms with van der Waals surface area (Å²) >= 11 is 0. The van der Waals surface area contributed by atoms with E-state index in [9.17, 15) is 0 Å². The van der Waals surface area contributed by atoms with E-state index in [0.29, 0.717) is 29.9 Å². The molecule has 7 nitrogen and oxygen atoms in total. The lowest BCUT2D eigenvalue weighted by Crippen LogP contribution is -2.05. The second-order valence-electron chi connectivity index (χ2n) is 5.98. The van der Waals surface area contributed by atoms with Crippen LogP contribution in [0.15, 0.2) is 71.5 Å². The van der Waals surface area contributed by atoms with Crippen LogP contribution in [0.5, 0.6) is 0 Å². The van der Waals surface area contributed by atoms with E-state index in [2.05, 4.69) is 30.7 Å². The molecule has 0 amide bonds. The molecule has 7 heteroatoms. The molecule has 0 saturated heterocycles. The van der Waals surface area contributed by atoms with E-state index in [1.54, 1.807) is 18.5 Å². The van der Waals surface area contributed by atoms with E-state index in [4.69, 9.17) is 4.52 Å². The Morgan fingerprint density at radius 3 is 2.48 bits per heavy atom. The summed E-state index contributed by atoms with van der Waals surface area (Å²) in [5, 5.41) is 10.4. The second kappa shape index (κ2) is 7.65. The van der Waals surface area contributed by atoms with E-state index in [1.807, 2.05) is 55.5 Å². The third-order valence-electron chi connectivity index (χ3n) is 3.89. The Bertz CT molecular complexity index is 1020. The number of hydrogen-bond donors (Lipinski definition) is 2. The first-order valence-electron chi connectivity index (χ1n) is 8.54. The van der Waals surface area contributed by atoms with Crippen molar-refractivity contribution >= 4 is 17.6 Å². The molecule has 0 aliphatic rings. The fourth-order valence-corrected chi connectivity index (χ4v) is 2.58. The molecule has 134 valence electrons. The summed E-state index contributed by atoms with van der Waals surface area (Å²) in [6, 6.07) is 17.6. The molecule has 2 N–H and O–H groups in total. The molecule has 1 aromatic carbocycles. The maximum atomic E-state index is 5.10. The number of anilines is 3. The highest BCUT2D eigenvalue weighted by molar-refractivity contribution is 5.65. The standard InChI is InChI=1S/C20H18N6O/c1-14-11-19(26-27-14)25-20-23-17(16-5-3-2-4-6-16)12-18(24-20)22-13-15-7-9-21-10-8-15/h2-12H,13H2,1H3,(H2,22,23,24,25,26). The van der Waals surface area contributed by atoms with Gasteiger partial charge in [0.1, 0.15) is 11.6 Å². The van der Waals surface area contributed by atoms with E-state index in [1.165, 1.54) is 0 Å². The smallest absolute Gasteiger partial charge is 0.231 e. The van der Waals surface area contributed by atoms with Crippen molar-refractivity contribution in [3.63, 3.8) is 0 Å². The molecule has 0 atom stereocenters. The molecule has 3 heterocycles. The summed E-state index contributed by atoms with van der Waals surface area (Å²) in [5.74, 6) is 2.44. The minimum absolute atomic E-state index is 0.446. The molecular formula is C20H18N6O. The average Bonchev–Trinajstić information content (AvgIpc) is 3.12. The molecule has 0 aliphatic heterocycles. The number of nitrogens with zero attached hydrogens (tertiary/aromatic N) is 4. The first kappa shape index (κ1) is 16.7. The zero-order valence-corrected chi connectivity index (χ0v) is 14.8. The maximum absolute atomic E-state index is 5.10. The van der Waals surface area contributed by atoms with Crippen LogP contribution >= 0.6 is 0 Å². The molecule has 27 heavy (non-hydrogen) atoms. The van der Waals surface area contributed by atoms with Crippen LogP contribution in [-0.4, -0.2) is 20.1 Å². The lowest BCUT2D eigenvalue weighted by atomic mass is 10.1. The van der Waals surface area contributed by atoms with E-state index in [-0.39, 0.29) is 0 Å². The normalized spacial score (nSPS) is 10.6. The van der Waals surface area contributed by atoms with Gasteiger partial charge in [-0.3, -0.25) is 4.98 Å². The van der Waals surface area contributed by atoms with Crippen molar-refractivity contribution in [3.8, 4) is 11.3 Å². The molecule has 4 aromatic rings. The molecular weight excluding hydrogens is 340 g/mol. The molecule has 0 unspecified atom stereocenters. The van der Waals surface area contributed by atoms with Gasteiger partial charge < -0.3 is 15.2 Å². The zero-order valence-electron chi connectivity index (χ0n) is 14.8. The number of nitrogens with one attached hydrogen (secondary N) is 2. The summed E-state index contributed by atoms with van der Waals surface area (Å²) in [4.78, 5) is 13.2. The van der Waals surface area contributed by atoms with Gasteiger partial charge in [0.2, 0.25) is 5.95 Å². The lowest BCUT2D eigenvalue weighted by molar-refractivity contribution is 0.400. The van der Waals surface area contributed by atoms with Crippen LogP contribution in [-0.2, 0) is 6.54 Å². The second-order valence-corrected chi connectivity index (χ2v) is 5.98. The molecule has 0 bridgehead atoms. The Hall–Kier alpha value is -3.74. The molecule has 0 fully saturated rings. The Kier molecular flexibility index (Phi) is 4.74. The van der Waals surface area contributed by atoms with Crippen molar-refractivity contribution in [3.05, 3.63) is 78.3 Å². The van der Waals surface area contributed by atoms with Crippen LogP contribution in [0.1, 0.15) is 11.3 Å². The van der Waals surface area contributed by atoms with Gasteiger partial charge >= 0.3 is 0 Å². The molecule has 0 radical (unpaired) electrons. The maximum Gasteiger partial charge on any atom is 0.231 e. The van der Waals surface area contributed by atoms with Crippen LogP contribution in [0.25, 0.3) is 11.3 Å². The van der Waals surface area contributed by atoms with E-state index >= 15 is 0 Å². The van der Waals surface area contributed by atoms with E-state index in [0.717, 1.165) is 16.8 Å². The van der Waals surface area contributed by atoms with Crippen LogP contribution < -0.4 is 10.6 Å². The Morgan fingerprint density at radius 2 is 1.74 bits per heavy atom. The van der Waals surface area contributed by atoms with Gasteiger partial charge in [-0.05, 0) is 24.6 Å². The number of aryl methyl sites for hydroxylation is 1. The summed E-state index contributed by atoms with van der Waals surface area (Å²) in [6.45, 7) is 2.47. The zero-order chi connectivity index (χ0) is 18.5. The molecule has 0 saturated carbocycles. The summed E-state index contributed by atoms with van der Waals surface area (Å²) < 4.78 is 5.10. The highest BCUT2D eigenvalue weighted by atomic mass is 16.5. The number of aromatic nitrogens is 4. The largest absolute Gasteiger partial charge is 0.366 e. The fourth-order valence-electron chi connectivity index (χ4n) is 2.58. The van der Waals surface area contributed by atoms with Gasteiger partial charge in [0, 0.05) is 36.6 Å². The van der Waals surface area contributed by atoms with Gasteiger partial charge in [0.15, 0.2) is 5.82 Å². The van der Waals surface area contributed by atoms with Gasteiger partial charge in [0.25, 0.3) is 0 Å². The molecule has 3 aromatic heterocycles. The third-order valence-corrected chi connectivity index (χ3v) is 3.89. The van der Waals surface area contributed by atoms with Crippen molar-refractivity contribution in [1.29, 1.82) is 0 Å². The first-order chi connectivity index (χ1) is 13.3. The Morgan fingerprint density at radius 1 is 0.926 bits per heavy atom. The van der Waals surface area contributed by atoms with Crippen molar-refractivity contribution in [2.75, 3.05) is 10.6 Å². The monoisotopic (exact) mass is 358 g/mol. The molecule has 0 aliphatic carbocycles. The van der Waals surface area contributed by atoms with Gasteiger partial charge in [-0.15, -0.1) is 0 Å². The fraction of sp³-hybridized carbons (Fsp3) is 0.100. The Balaban J connectivity index is 1.63. The number of benzene rings is 1. The summed E-state index contributed by atoms with van der Waals surface area (Å²) in [5.41, 5.74) is 2.93. The highest BCUT2D eigenvalue weighted by Gasteiger charge is 2.09. The van der Waals surface area contributed by atoms with Gasteiger partial charge in [-0.1, -0.05) is 35.5 Å². The predicted octanol–water partition coefficient (Wildman–Crippen LogP) is 4.19. The van der Waals surface area contributed by atoms with Gasteiger partial charge in [-0.2, -0.15) is 4.98 Å². The predicted molar refractivity (Wildman–Crippen MR) is 104 cm³/mol. The quantitative estimate of drug-likeness (QED) is 0.534. The number of rotatable bonds is 6. The van der Waals surface area contributed by atoms with Crippen molar-refractivity contribution in [2.24, 2.45) is 0 Å². The van der Waals surface area contributed by atoms with Crippen LogP contribution in [0.2, 0.25) is 0 Å². The summed E-state index contributed by atoms with van der Waals surface area (Å²) in [6.07, 6.45) is 3.54. The number of hydrogen-bond acceptors (Lipinski definition) is 7. The topological polar surface area (TPSA) is 88.8 Å². The SMILES string of the molecule is Cc1cc(Nc2nc(NCc3ccncc3)cc(-c3ccccc3)n2)no1. The van der Waals surface area contributed by atoms with Crippen molar-refractivity contribution in [1.82, 2.24) is 20.1 Å². The minimum atomic E-state index is 0.446. The van der Waals surface area contributed by atoms with Gasteiger partial charge in [-0.25, -0.2) is 4.98 Å². The van der Waals surface area contributed by atoms with Crippen LogP contribution in [0.3, 0.4) is 0 Å². The van der Waals surface area contributed by atoms with Crippen molar-refractivity contribution < 1.29 is 4.52 Å². The molecule has 4 rings (SSSR count).